The highest BCUT2D eigenvalue weighted by Crippen LogP contribution is 2.21. The molecule has 0 amide bonds. The highest BCUT2D eigenvalue weighted by Gasteiger charge is 2.13. The normalized spacial score (nSPS) is 12.8. The monoisotopic (exact) mass is 180 g/mol. The van der Waals surface area contributed by atoms with E-state index in [1.54, 1.807) is 0 Å². The SMILES string of the molecule is C=C(C)C(NN)c1ccc(CC)o1. The summed E-state index contributed by atoms with van der Waals surface area (Å²) in [5.74, 6) is 7.18. The van der Waals surface area contributed by atoms with Crippen LogP contribution in [0.25, 0.3) is 0 Å². The molecule has 3 N–H and O–H groups in total. The van der Waals surface area contributed by atoms with Crippen molar-refractivity contribution >= 4 is 0 Å². The maximum atomic E-state index is 5.54. The summed E-state index contributed by atoms with van der Waals surface area (Å²) in [6.07, 6.45) is 0.896. The molecule has 72 valence electrons. The van der Waals surface area contributed by atoms with Crippen LogP contribution in [0.1, 0.15) is 31.4 Å². The first kappa shape index (κ1) is 10.0. The van der Waals surface area contributed by atoms with Gasteiger partial charge in [0.05, 0.1) is 6.04 Å². The molecule has 0 bridgehead atoms. The summed E-state index contributed by atoms with van der Waals surface area (Å²) in [5, 5.41) is 0. The molecular weight excluding hydrogens is 164 g/mol. The Morgan fingerprint density at radius 1 is 1.69 bits per heavy atom. The molecule has 0 fully saturated rings. The molecule has 3 heteroatoms. The number of aryl methyl sites for hydroxylation is 1. The van der Waals surface area contributed by atoms with Crippen LogP contribution in [0.5, 0.6) is 0 Å². The van der Waals surface area contributed by atoms with Gasteiger partial charge in [0.25, 0.3) is 0 Å². The van der Waals surface area contributed by atoms with Gasteiger partial charge in [-0.1, -0.05) is 19.1 Å². The predicted octanol–water partition coefficient (Wildman–Crippen LogP) is 1.92. The number of hydrogen-bond donors (Lipinski definition) is 2. The lowest BCUT2D eigenvalue weighted by molar-refractivity contribution is 0.423. The zero-order valence-electron chi connectivity index (χ0n) is 8.13. The highest BCUT2D eigenvalue weighted by atomic mass is 16.3. The fourth-order valence-corrected chi connectivity index (χ4v) is 1.21. The van der Waals surface area contributed by atoms with Crippen molar-refractivity contribution in [2.24, 2.45) is 5.84 Å². The van der Waals surface area contributed by atoms with Crippen LogP contribution >= 0.6 is 0 Å². The van der Waals surface area contributed by atoms with Crippen LogP contribution in [0.4, 0.5) is 0 Å². The maximum Gasteiger partial charge on any atom is 0.126 e. The Bertz CT molecular complexity index is 291. The van der Waals surface area contributed by atoms with Gasteiger partial charge in [0.1, 0.15) is 11.5 Å². The second-order valence-electron chi connectivity index (χ2n) is 3.10. The average Bonchev–Trinajstić information content (AvgIpc) is 2.53. The Morgan fingerprint density at radius 2 is 2.38 bits per heavy atom. The van der Waals surface area contributed by atoms with Crippen LogP contribution in [0, 0.1) is 0 Å². The predicted molar refractivity (Wildman–Crippen MR) is 53.0 cm³/mol. The first-order chi connectivity index (χ1) is 6.19. The minimum absolute atomic E-state index is 0.0831. The lowest BCUT2D eigenvalue weighted by Crippen LogP contribution is -2.28. The molecule has 0 aliphatic carbocycles. The number of furan rings is 1. The van der Waals surface area contributed by atoms with Gasteiger partial charge in [-0.3, -0.25) is 5.84 Å². The van der Waals surface area contributed by atoms with E-state index in [1.807, 2.05) is 26.0 Å². The molecule has 1 heterocycles. The van der Waals surface area contributed by atoms with Crippen LogP contribution in [-0.4, -0.2) is 0 Å². The fraction of sp³-hybridized carbons (Fsp3) is 0.400. The van der Waals surface area contributed by atoms with E-state index in [-0.39, 0.29) is 6.04 Å². The van der Waals surface area contributed by atoms with Crippen LogP contribution < -0.4 is 11.3 Å². The molecule has 3 nitrogen and oxygen atoms in total. The number of nitrogens with two attached hydrogens (primary N) is 1. The Labute approximate surface area is 78.6 Å². The molecule has 0 spiro atoms. The van der Waals surface area contributed by atoms with E-state index >= 15 is 0 Å². The molecule has 1 aromatic rings. The van der Waals surface area contributed by atoms with Crippen molar-refractivity contribution in [2.45, 2.75) is 26.3 Å². The van der Waals surface area contributed by atoms with Crippen LogP contribution in [0.2, 0.25) is 0 Å². The van der Waals surface area contributed by atoms with Crippen molar-refractivity contribution in [3.05, 3.63) is 35.8 Å². The molecule has 13 heavy (non-hydrogen) atoms. The lowest BCUT2D eigenvalue weighted by Gasteiger charge is -2.12. The third-order valence-corrected chi connectivity index (χ3v) is 1.97. The molecule has 1 rings (SSSR count). The third kappa shape index (κ3) is 2.20. The van der Waals surface area contributed by atoms with E-state index in [2.05, 4.69) is 12.0 Å². The van der Waals surface area contributed by atoms with Gasteiger partial charge in [0.2, 0.25) is 0 Å². The van der Waals surface area contributed by atoms with Gasteiger partial charge in [-0.2, -0.15) is 0 Å². The van der Waals surface area contributed by atoms with Crippen molar-refractivity contribution in [2.75, 3.05) is 0 Å². The smallest absolute Gasteiger partial charge is 0.126 e. The van der Waals surface area contributed by atoms with Gasteiger partial charge in [-0.25, -0.2) is 5.43 Å². The van der Waals surface area contributed by atoms with Crippen LogP contribution in [-0.2, 0) is 6.42 Å². The van der Waals surface area contributed by atoms with Crippen molar-refractivity contribution in [1.29, 1.82) is 0 Å². The quantitative estimate of drug-likeness (QED) is 0.423. The van der Waals surface area contributed by atoms with Crippen molar-refractivity contribution < 1.29 is 4.42 Å². The zero-order chi connectivity index (χ0) is 9.84. The molecule has 0 aliphatic heterocycles. The summed E-state index contributed by atoms with van der Waals surface area (Å²) in [6.45, 7) is 7.80. The van der Waals surface area contributed by atoms with Gasteiger partial charge in [0, 0.05) is 6.42 Å². The summed E-state index contributed by atoms with van der Waals surface area (Å²) < 4.78 is 5.54. The fourth-order valence-electron chi connectivity index (χ4n) is 1.21. The van der Waals surface area contributed by atoms with Crippen molar-refractivity contribution in [3.63, 3.8) is 0 Å². The Kier molecular flexibility index (Phi) is 3.28. The van der Waals surface area contributed by atoms with E-state index in [1.165, 1.54) is 0 Å². The number of hydrazine groups is 1. The maximum absolute atomic E-state index is 5.54. The van der Waals surface area contributed by atoms with Gasteiger partial charge in [-0.15, -0.1) is 0 Å². The molecule has 0 aliphatic rings. The zero-order valence-corrected chi connectivity index (χ0v) is 8.13. The second kappa shape index (κ2) is 4.25. The van der Waals surface area contributed by atoms with E-state index in [9.17, 15) is 0 Å². The molecule has 1 atom stereocenters. The molecule has 0 saturated heterocycles. The van der Waals surface area contributed by atoms with Crippen molar-refractivity contribution in [3.8, 4) is 0 Å². The average molecular weight is 180 g/mol. The van der Waals surface area contributed by atoms with E-state index in [0.29, 0.717) is 0 Å². The summed E-state index contributed by atoms with van der Waals surface area (Å²) in [5.41, 5.74) is 3.61. The van der Waals surface area contributed by atoms with E-state index in [4.69, 9.17) is 10.3 Å². The van der Waals surface area contributed by atoms with E-state index < -0.39 is 0 Å². The third-order valence-electron chi connectivity index (χ3n) is 1.97. The topological polar surface area (TPSA) is 51.2 Å². The first-order valence-corrected chi connectivity index (χ1v) is 4.39. The number of rotatable bonds is 4. The van der Waals surface area contributed by atoms with Crippen LogP contribution in [0.15, 0.2) is 28.7 Å². The Hall–Kier alpha value is -1.06. The molecule has 0 saturated carbocycles. The molecule has 0 aromatic carbocycles. The lowest BCUT2D eigenvalue weighted by atomic mass is 10.1. The Morgan fingerprint density at radius 3 is 2.77 bits per heavy atom. The summed E-state index contributed by atoms with van der Waals surface area (Å²) in [6, 6.07) is 3.81. The van der Waals surface area contributed by atoms with Gasteiger partial charge < -0.3 is 4.42 Å². The summed E-state index contributed by atoms with van der Waals surface area (Å²) in [7, 11) is 0. The minimum Gasteiger partial charge on any atom is -0.464 e. The molecule has 1 aromatic heterocycles. The van der Waals surface area contributed by atoms with Gasteiger partial charge >= 0.3 is 0 Å². The largest absolute Gasteiger partial charge is 0.464 e. The molecule has 0 radical (unpaired) electrons. The second-order valence-corrected chi connectivity index (χ2v) is 3.10. The first-order valence-electron chi connectivity index (χ1n) is 4.39. The summed E-state index contributed by atoms with van der Waals surface area (Å²) >= 11 is 0. The van der Waals surface area contributed by atoms with Gasteiger partial charge in [0.15, 0.2) is 0 Å². The van der Waals surface area contributed by atoms with Crippen LogP contribution in [0.3, 0.4) is 0 Å². The summed E-state index contributed by atoms with van der Waals surface area (Å²) in [4.78, 5) is 0. The highest BCUT2D eigenvalue weighted by molar-refractivity contribution is 5.18. The van der Waals surface area contributed by atoms with Gasteiger partial charge in [-0.05, 0) is 19.1 Å². The number of hydrogen-bond acceptors (Lipinski definition) is 3. The van der Waals surface area contributed by atoms with Crippen molar-refractivity contribution in [1.82, 2.24) is 5.43 Å². The molecule has 1 unspecified atom stereocenters. The standard InChI is InChI=1S/C10H16N2O/c1-4-8-5-6-9(13-8)10(12-11)7(2)3/h5-6,10,12H,2,4,11H2,1,3H3. The molecular formula is C10H16N2O. The number of nitrogens with one attached hydrogen (secondary N) is 1. The van der Waals surface area contributed by atoms with E-state index in [0.717, 1.165) is 23.5 Å². The minimum atomic E-state index is -0.0831. The Balaban J connectivity index is 2.85.